The number of hydrogen-bond acceptors (Lipinski definition) is 4. The van der Waals surface area contributed by atoms with E-state index in [9.17, 15) is 0 Å². The summed E-state index contributed by atoms with van der Waals surface area (Å²) in [5.41, 5.74) is 3.57. The van der Waals surface area contributed by atoms with Gasteiger partial charge < -0.3 is 24.8 Å². The molecule has 1 atom stereocenters. The lowest BCUT2D eigenvalue weighted by Crippen LogP contribution is -2.39. The molecule has 0 saturated carbocycles. The highest BCUT2D eigenvalue weighted by molar-refractivity contribution is 5.79. The number of hydrogen-bond donors (Lipinski definition) is 2. The number of nitrogens with one attached hydrogen (secondary N) is 2. The number of guanidine groups is 1. The fraction of sp³-hybridized carbons (Fsp3) is 0.435. The summed E-state index contributed by atoms with van der Waals surface area (Å²) < 4.78 is 16.2. The molecule has 2 rings (SSSR count). The molecule has 0 heterocycles. The van der Waals surface area contributed by atoms with Gasteiger partial charge in [0.05, 0.1) is 27.9 Å². The van der Waals surface area contributed by atoms with Crippen molar-refractivity contribution in [2.75, 3.05) is 34.4 Å². The SMILES string of the molecule is CCNC(=NCc1cc(OC)c(OC)c(OC)c1)NCC(C)c1cccc(C)c1. The Morgan fingerprint density at radius 1 is 1.00 bits per heavy atom. The first-order chi connectivity index (χ1) is 14.0. The van der Waals surface area contributed by atoms with Crippen LogP contribution in [0.1, 0.15) is 36.5 Å². The van der Waals surface area contributed by atoms with Gasteiger partial charge in [0.1, 0.15) is 0 Å². The third-order valence-corrected chi connectivity index (χ3v) is 4.68. The van der Waals surface area contributed by atoms with Crippen LogP contribution in [0.2, 0.25) is 0 Å². The molecule has 0 saturated heterocycles. The van der Waals surface area contributed by atoms with E-state index in [-0.39, 0.29) is 0 Å². The molecule has 0 aromatic heterocycles. The zero-order valence-corrected chi connectivity index (χ0v) is 18.3. The second-order valence-corrected chi connectivity index (χ2v) is 6.92. The second kappa shape index (κ2) is 11.2. The van der Waals surface area contributed by atoms with Crippen LogP contribution >= 0.6 is 0 Å². The highest BCUT2D eigenvalue weighted by atomic mass is 16.5. The van der Waals surface area contributed by atoms with E-state index in [1.54, 1.807) is 21.3 Å². The average molecular weight is 400 g/mol. The normalized spacial score (nSPS) is 12.3. The van der Waals surface area contributed by atoms with Crippen LogP contribution in [0, 0.1) is 6.92 Å². The van der Waals surface area contributed by atoms with E-state index in [2.05, 4.69) is 55.7 Å². The number of aliphatic imine (C=N–C) groups is 1. The summed E-state index contributed by atoms with van der Waals surface area (Å²) >= 11 is 0. The fourth-order valence-electron chi connectivity index (χ4n) is 3.08. The first kappa shape index (κ1) is 22.4. The highest BCUT2D eigenvalue weighted by Gasteiger charge is 2.13. The lowest BCUT2D eigenvalue weighted by Gasteiger charge is -2.17. The Labute approximate surface area is 174 Å². The van der Waals surface area contributed by atoms with Crippen LogP contribution in [0.4, 0.5) is 0 Å². The van der Waals surface area contributed by atoms with Crippen molar-refractivity contribution in [1.29, 1.82) is 0 Å². The second-order valence-electron chi connectivity index (χ2n) is 6.92. The van der Waals surface area contributed by atoms with E-state index in [1.807, 2.05) is 12.1 Å². The van der Waals surface area contributed by atoms with Crippen molar-refractivity contribution in [2.24, 2.45) is 4.99 Å². The minimum atomic E-state index is 0.375. The maximum atomic E-state index is 5.43. The van der Waals surface area contributed by atoms with Crippen LogP contribution in [-0.2, 0) is 6.54 Å². The molecule has 29 heavy (non-hydrogen) atoms. The predicted molar refractivity (Wildman–Crippen MR) is 119 cm³/mol. The Kier molecular flexibility index (Phi) is 8.65. The Morgan fingerprint density at radius 2 is 1.69 bits per heavy atom. The number of rotatable bonds is 9. The molecule has 6 heteroatoms. The Bertz CT molecular complexity index is 796. The minimum Gasteiger partial charge on any atom is -0.493 e. The summed E-state index contributed by atoms with van der Waals surface area (Å²) in [7, 11) is 4.83. The van der Waals surface area contributed by atoms with Crippen molar-refractivity contribution in [1.82, 2.24) is 10.6 Å². The smallest absolute Gasteiger partial charge is 0.203 e. The van der Waals surface area contributed by atoms with E-state index >= 15 is 0 Å². The number of benzene rings is 2. The van der Waals surface area contributed by atoms with Crippen LogP contribution in [0.25, 0.3) is 0 Å². The zero-order valence-electron chi connectivity index (χ0n) is 18.3. The molecule has 2 aromatic carbocycles. The predicted octanol–water partition coefficient (Wildman–Crippen LogP) is 3.88. The van der Waals surface area contributed by atoms with Crippen molar-refractivity contribution in [3.63, 3.8) is 0 Å². The Hall–Kier alpha value is -2.89. The topological polar surface area (TPSA) is 64.1 Å². The van der Waals surface area contributed by atoms with Gasteiger partial charge >= 0.3 is 0 Å². The first-order valence-corrected chi connectivity index (χ1v) is 9.90. The summed E-state index contributed by atoms with van der Waals surface area (Å²) in [5.74, 6) is 2.99. The lowest BCUT2D eigenvalue weighted by molar-refractivity contribution is 0.324. The molecule has 0 spiro atoms. The maximum Gasteiger partial charge on any atom is 0.203 e. The fourth-order valence-corrected chi connectivity index (χ4v) is 3.08. The van der Waals surface area contributed by atoms with E-state index in [0.717, 1.165) is 24.6 Å². The number of aryl methyl sites for hydroxylation is 1. The van der Waals surface area contributed by atoms with E-state index < -0.39 is 0 Å². The molecule has 2 aromatic rings. The molecule has 0 aliphatic heterocycles. The molecule has 158 valence electrons. The molecule has 0 aliphatic carbocycles. The average Bonchev–Trinajstić information content (AvgIpc) is 2.74. The molecule has 0 fully saturated rings. The van der Waals surface area contributed by atoms with Crippen LogP contribution in [0.15, 0.2) is 41.4 Å². The Morgan fingerprint density at radius 3 is 2.24 bits per heavy atom. The van der Waals surface area contributed by atoms with E-state index in [0.29, 0.717) is 29.7 Å². The van der Waals surface area contributed by atoms with Crippen molar-refractivity contribution in [3.05, 3.63) is 53.1 Å². The summed E-state index contributed by atoms with van der Waals surface area (Å²) in [6, 6.07) is 12.5. The molecule has 2 N–H and O–H groups in total. The van der Waals surface area contributed by atoms with Gasteiger partial charge in [-0.15, -0.1) is 0 Å². The van der Waals surface area contributed by atoms with Gasteiger partial charge in [0.15, 0.2) is 17.5 Å². The van der Waals surface area contributed by atoms with Gasteiger partial charge in [0.2, 0.25) is 5.75 Å². The molecule has 0 amide bonds. The molecule has 0 bridgehead atoms. The number of methoxy groups -OCH3 is 3. The largest absolute Gasteiger partial charge is 0.493 e. The van der Waals surface area contributed by atoms with Gasteiger partial charge in [-0.25, -0.2) is 4.99 Å². The minimum absolute atomic E-state index is 0.375. The molecule has 6 nitrogen and oxygen atoms in total. The zero-order chi connectivity index (χ0) is 21.2. The van der Waals surface area contributed by atoms with Gasteiger partial charge in [-0.05, 0) is 43.0 Å². The molecule has 0 aliphatic rings. The van der Waals surface area contributed by atoms with Crippen molar-refractivity contribution in [3.8, 4) is 17.2 Å². The maximum absolute atomic E-state index is 5.43. The van der Waals surface area contributed by atoms with Gasteiger partial charge in [0, 0.05) is 13.1 Å². The van der Waals surface area contributed by atoms with Gasteiger partial charge in [-0.2, -0.15) is 0 Å². The molecule has 0 radical (unpaired) electrons. The third kappa shape index (κ3) is 6.31. The van der Waals surface area contributed by atoms with E-state index in [4.69, 9.17) is 19.2 Å². The highest BCUT2D eigenvalue weighted by Crippen LogP contribution is 2.38. The van der Waals surface area contributed by atoms with Crippen molar-refractivity contribution >= 4 is 5.96 Å². The molecule has 1 unspecified atom stereocenters. The van der Waals surface area contributed by atoms with Crippen LogP contribution in [0.3, 0.4) is 0 Å². The van der Waals surface area contributed by atoms with Gasteiger partial charge in [-0.1, -0.05) is 36.8 Å². The summed E-state index contributed by atoms with van der Waals surface area (Å²) in [6.45, 7) is 8.47. The summed E-state index contributed by atoms with van der Waals surface area (Å²) in [6.07, 6.45) is 0. The van der Waals surface area contributed by atoms with Crippen LogP contribution in [-0.4, -0.2) is 40.4 Å². The monoisotopic (exact) mass is 399 g/mol. The van der Waals surface area contributed by atoms with Crippen molar-refractivity contribution in [2.45, 2.75) is 33.2 Å². The van der Waals surface area contributed by atoms with Crippen LogP contribution < -0.4 is 24.8 Å². The third-order valence-electron chi connectivity index (χ3n) is 4.68. The standard InChI is InChI=1S/C23H33N3O3/c1-7-24-23(25-14-17(3)19-10-8-9-16(2)11-19)26-15-18-12-20(27-4)22(29-6)21(13-18)28-5/h8-13,17H,7,14-15H2,1-6H3,(H2,24,25,26). The lowest BCUT2D eigenvalue weighted by atomic mass is 9.99. The van der Waals surface area contributed by atoms with Gasteiger partial charge in [-0.3, -0.25) is 0 Å². The van der Waals surface area contributed by atoms with Gasteiger partial charge in [0.25, 0.3) is 0 Å². The number of nitrogens with zero attached hydrogens (tertiary/aromatic N) is 1. The van der Waals surface area contributed by atoms with E-state index in [1.165, 1.54) is 11.1 Å². The number of ether oxygens (including phenoxy) is 3. The molecular formula is C23H33N3O3. The molecular weight excluding hydrogens is 366 g/mol. The van der Waals surface area contributed by atoms with Crippen LogP contribution in [0.5, 0.6) is 17.2 Å². The summed E-state index contributed by atoms with van der Waals surface area (Å²) in [5, 5.41) is 6.74. The Balaban J connectivity index is 2.10. The first-order valence-electron chi connectivity index (χ1n) is 9.90. The van der Waals surface area contributed by atoms with Crippen molar-refractivity contribution < 1.29 is 14.2 Å². The quantitative estimate of drug-likeness (QED) is 0.495. The summed E-state index contributed by atoms with van der Waals surface area (Å²) in [4.78, 5) is 4.72.